The van der Waals surface area contributed by atoms with Crippen molar-refractivity contribution in [2.24, 2.45) is 0 Å². The van der Waals surface area contributed by atoms with Crippen LogP contribution in [0.2, 0.25) is 0 Å². The second-order valence-electron chi connectivity index (χ2n) is 3.93. The van der Waals surface area contributed by atoms with Crippen molar-refractivity contribution in [3.8, 4) is 0 Å². The van der Waals surface area contributed by atoms with E-state index in [2.05, 4.69) is 5.32 Å². The van der Waals surface area contributed by atoms with Gasteiger partial charge in [-0.25, -0.2) is 4.39 Å². The minimum atomic E-state index is -0.941. The zero-order valence-corrected chi connectivity index (χ0v) is 9.98. The van der Waals surface area contributed by atoms with Crippen LogP contribution in [0.4, 0.5) is 25.8 Å². The summed E-state index contributed by atoms with van der Waals surface area (Å²) in [5, 5.41) is 13.5. The van der Waals surface area contributed by atoms with Gasteiger partial charge in [-0.1, -0.05) is 12.1 Å². The quantitative estimate of drug-likeness (QED) is 0.675. The van der Waals surface area contributed by atoms with Crippen molar-refractivity contribution in [1.82, 2.24) is 0 Å². The van der Waals surface area contributed by atoms with E-state index in [9.17, 15) is 18.9 Å². The monoisotopic (exact) mass is 264 g/mol. The highest BCUT2D eigenvalue weighted by Gasteiger charge is 2.20. The van der Waals surface area contributed by atoms with Crippen molar-refractivity contribution in [2.45, 2.75) is 6.92 Å². The van der Waals surface area contributed by atoms with Gasteiger partial charge in [0.2, 0.25) is 5.82 Å². The molecule has 2 aromatic carbocycles. The zero-order chi connectivity index (χ0) is 14.0. The summed E-state index contributed by atoms with van der Waals surface area (Å²) in [6, 6.07) is 8.02. The van der Waals surface area contributed by atoms with Crippen molar-refractivity contribution >= 4 is 17.1 Å². The lowest BCUT2D eigenvalue weighted by atomic mass is 10.1. The molecule has 0 atom stereocenters. The Bertz CT molecular complexity index is 645. The fourth-order valence-corrected chi connectivity index (χ4v) is 1.69. The molecular formula is C13H10F2N2O2. The molecule has 2 rings (SSSR count). The Hall–Kier alpha value is -2.50. The molecule has 0 aromatic heterocycles. The fraction of sp³-hybridized carbons (Fsp3) is 0.0769. The van der Waals surface area contributed by atoms with Crippen LogP contribution in [-0.2, 0) is 0 Å². The molecule has 6 heteroatoms. The smallest absolute Gasteiger partial charge is 0.327 e. The first-order valence-electron chi connectivity index (χ1n) is 5.45. The highest BCUT2D eigenvalue weighted by atomic mass is 19.1. The van der Waals surface area contributed by atoms with Gasteiger partial charge in [0.05, 0.1) is 4.92 Å². The van der Waals surface area contributed by atoms with Gasteiger partial charge in [0, 0.05) is 11.3 Å². The first-order valence-corrected chi connectivity index (χ1v) is 5.45. The molecule has 2 aromatic rings. The number of anilines is 2. The van der Waals surface area contributed by atoms with Gasteiger partial charge in [0.15, 0.2) is 0 Å². The number of nitrogens with one attached hydrogen (secondary N) is 1. The molecule has 98 valence electrons. The standard InChI is InChI=1S/C13H10F2N2O2/c1-8-9(14)4-2-6-11(8)16-12-7-3-5-10(15)13(12)17(18)19/h2-7,16H,1H3. The minimum absolute atomic E-state index is 0.0151. The number of halogens is 2. The predicted molar refractivity (Wildman–Crippen MR) is 67.5 cm³/mol. The maximum absolute atomic E-state index is 13.4. The summed E-state index contributed by atoms with van der Waals surface area (Å²) < 4.78 is 26.8. The van der Waals surface area contributed by atoms with E-state index in [4.69, 9.17) is 0 Å². The Morgan fingerprint density at radius 3 is 2.26 bits per heavy atom. The Labute approximate surface area is 107 Å². The second kappa shape index (κ2) is 5.01. The van der Waals surface area contributed by atoms with Gasteiger partial charge in [-0.05, 0) is 31.2 Å². The number of nitro groups is 1. The molecule has 0 radical (unpaired) electrons. The van der Waals surface area contributed by atoms with E-state index < -0.39 is 22.2 Å². The molecule has 0 bridgehead atoms. The topological polar surface area (TPSA) is 55.2 Å². The number of nitrogens with zero attached hydrogens (tertiary/aromatic N) is 1. The summed E-state index contributed by atoms with van der Waals surface area (Å²) in [6.45, 7) is 1.53. The van der Waals surface area contributed by atoms with E-state index >= 15 is 0 Å². The van der Waals surface area contributed by atoms with Crippen LogP contribution < -0.4 is 5.32 Å². The molecular weight excluding hydrogens is 254 g/mol. The molecule has 0 aliphatic rings. The fourth-order valence-electron chi connectivity index (χ4n) is 1.69. The third-order valence-corrected chi connectivity index (χ3v) is 2.71. The maximum Gasteiger partial charge on any atom is 0.327 e. The SMILES string of the molecule is Cc1c(F)cccc1Nc1cccc(F)c1[N+](=O)[O-]. The third kappa shape index (κ3) is 2.52. The van der Waals surface area contributed by atoms with Gasteiger partial charge in [0.25, 0.3) is 0 Å². The van der Waals surface area contributed by atoms with Crippen LogP contribution in [0.15, 0.2) is 36.4 Å². The van der Waals surface area contributed by atoms with Crippen molar-refractivity contribution in [2.75, 3.05) is 5.32 Å². The van der Waals surface area contributed by atoms with Crippen LogP contribution in [0.5, 0.6) is 0 Å². The number of hydrogen-bond acceptors (Lipinski definition) is 3. The summed E-state index contributed by atoms with van der Waals surface area (Å²) in [5.41, 5.74) is -0.0142. The summed E-state index contributed by atoms with van der Waals surface area (Å²) >= 11 is 0. The van der Waals surface area contributed by atoms with Gasteiger partial charge in [-0.15, -0.1) is 0 Å². The van der Waals surface area contributed by atoms with Crippen LogP contribution in [0.25, 0.3) is 0 Å². The molecule has 0 saturated carbocycles. The highest BCUT2D eigenvalue weighted by Crippen LogP contribution is 2.31. The number of hydrogen-bond donors (Lipinski definition) is 1. The van der Waals surface area contributed by atoms with E-state index in [1.165, 1.54) is 31.2 Å². The van der Waals surface area contributed by atoms with E-state index in [-0.39, 0.29) is 5.69 Å². The van der Waals surface area contributed by atoms with Crippen LogP contribution in [0, 0.1) is 28.7 Å². The molecule has 4 nitrogen and oxygen atoms in total. The normalized spacial score (nSPS) is 10.3. The Morgan fingerprint density at radius 2 is 1.63 bits per heavy atom. The Balaban J connectivity index is 2.47. The summed E-state index contributed by atoms with van der Waals surface area (Å²) in [4.78, 5) is 10.0. The van der Waals surface area contributed by atoms with Gasteiger partial charge in [-0.2, -0.15) is 4.39 Å². The van der Waals surface area contributed by atoms with Crippen molar-refractivity contribution in [1.29, 1.82) is 0 Å². The lowest BCUT2D eigenvalue weighted by molar-refractivity contribution is -0.386. The van der Waals surface area contributed by atoms with E-state index in [0.29, 0.717) is 11.3 Å². The summed E-state index contributed by atoms with van der Waals surface area (Å²) in [5.74, 6) is -1.38. The van der Waals surface area contributed by atoms with E-state index in [0.717, 1.165) is 6.07 Å². The molecule has 0 spiro atoms. The lowest BCUT2D eigenvalue weighted by Gasteiger charge is -2.10. The number of rotatable bonds is 3. The molecule has 19 heavy (non-hydrogen) atoms. The van der Waals surface area contributed by atoms with Crippen molar-refractivity contribution in [3.05, 3.63) is 63.7 Å². The molecule has 0 unspecified atom stereocenters. The van der Waals surface area contributed by atoms with E-state index in [1.807, 2.05) is 0 Å². The Morgan fingerprint density at radius 1 is 1.05 bits per heavy atom. The highest BCUT2D eigenvalue weighted by molar-refractivity contribution is 5.71. The largest absolute Gasteiger partial charge is 0.350 e. The molecule has 1 N–H and O–H groups in total. The van der Waals surface area contributed by atoms with Gasteiger partial charge in [0.1, 0.15) is 11.5 Å². The molecule has 0 saturated heterocycles. The maximum atomic E-state index is 13.4. The van der Waals surface area contributed by atoms with Gasteiger partial charge in [-0.3, -0.25) is 10.1 Å². The van der Waals surface area contributed by atoms with Crippen LogP contribution >= 0.6 is 0 Å². The molecule has 0 aliphatic heterocycles. The van der Waals surface area contributed by atoms with E-state index in [1.54, 1.807) is 6.07 Å². The molecule has 0 heterocycles. The average molecular weight is 264 g/mol. The first kappa shape index (κ1) is 12.9. The van der Waals surface area contributed by atoms with Gasteiger partial charge < -0.3 is 5.32 Å². The molecule has 0 amide bonds. The second-order valence-corrected chi connectivity index (χ2v) is 3.93. The van der Waals surface area contributed by atoms with Crippen molar-refractivity contribution in [3.63, 3.8) is 0 Å². The van der Waals surface area contributed by atoms with Gasteiger partial charge >= 0.3 is 5.69 Å². The average Bonchev–Trinajstić information content (AvgIpc) is 2.34. The van der Waals surface area contributed by atoms with Crippen molar-refractivity contribution < 1.29 is 13.7 Å². The van der Waals surface area contributed by atoms with Crippen LogP contribution in [0.1, 0.15) is 5.56 Å². The van der Waals surface area contributed by atoms with Crippen LogP contribution in [0.3, 0.4) is 0 Å². The van der Waals surface area contributed by atoms with Crippen LogP contribution in [-0.4, -0.2) is 4.92 Å². The molecule has 0 aliphatic carbocycles. The number of para-hydroxylation sites is 1. The minimum Gasteiger partial charge on any atom is -0.350 e. The Kier molecular flexibility index (Phi) is 3.41. The predicted octanol–water partition coefficient (Wildman–Crippen LogP) is 3.93. The summed E-state index contributed by atoms with van der Waals surface area (Å²) in [7, 11) is 0. The molecule has 0 fully saturated rings. The number of nitro benzene ring substituents is 1. The lowest BCUT2D eigenvalue weighted by Crippen LogP contribution is -2.01. The third-order valence-electron chi connectivity index (χ3n) is 2.71. The number of benzene rings is 2. The summed E-state index contributed by atoms with van der Waals surface area (Å²) in [6.07, 6.45) is 0. The zero-order valence-electron chi connectivity index (χ0n) is 9.98. The first-order chi connectivity index (χ1) is 9.00.